The molecular formula is C14H30N2O. The van der Waals surface area contributed by atoms with Gasteiger partial charge in [0.2, 0.25) is 0 Å². The molecule has 0 amide bonds. The highest BCUT2D eigenvalue weighted by Gasteiger charge is 2.19. The highest BCUT2D eigenvalue weighted by molar-refractivity contribution is 4.79. The van der Waals surface area contributed by atoms with Crippen molar-refractivity contribution in [3.05, 3.63) is 0 Å². The lowest BCUT2D eigenvalue weighted by Gasteiger charge is -2.33. The molecule has 0 saturated carbocycles. The van der Waals surface area contributed by atoms with E-state index in [0.29, 0.717) is 12.1 Å². The molecule has 1 N–H and O–H groups in total. The molecule has 102 valence electrons. The molecule has 0 aromatic heterocycles. The van der Waals surface area contributed by atoms with Crippen molar-refractivity contribution in [3.63, 3.8) is 0 Å². The van der Waals surface area contributed by atoms with E-state index in [0.717, 1.165) is 13.2 Å². The lowest BCUT2D eigenvalue weighted by Crippen LogP contribution is -2.46. The number of ether oxygens (including phenoxy) is 1. The molecule has 1 fully saturated rings. The average molecular weight is 242 g/mol. The van der Waals surface area contributed by atoms with Crippen molar-refractivity contribution in [2.24, 2.45) is 0 Å². The molecule has 1 rings (SSSR count). The van der Waals surface area contributed by atoms with Crippen LogP contribution in [0, 0.1) is 0 Å². The molecular weight excluding hydrogens is 212 g/mol. The van der Waals surface area contributed by atoms with Crippen LogP contribution in [0.3, 0.4) is 0 Å². The van der Waals surface area contributed by atoms with E-state index in [1.807, 2.05) is 0 Å². The molecule has 0 aromatic carbocycles. The zero-order valence-corrected chi connectivity index (χ0v) is 11.9. The van der Waals surface area contributed by atoms with Gasteiger partial charge in [-0.15, -0.1) is 0 Å². The third kappa shape index (κ3) is 6.39. The molecule has 1 unspecified atom stereocenters. The predicted molar refractivity (Wildman–Crippen MR) is 73.5 cm³/mol. The van der Waals surface area contributed by atoms with Crippen LogP contribution >= 0.6 is 0 Å². The second-order valence-corrected chi connectivity index (χ2v) is 5.20. The minimum Gasteiger partial charge on any atom is -0.380 e. The largest absolute Gasteiger partial charge is 0.380 e. The summed E-state index contributed by atoms with van der Waals surface area (Å²) in [5, 5.41) is 3.68. The van der Waals surface area contributed by atoms with Gasteiger partial charge in [-0.3, -0.25) is 0 Å². The Balaban J connectivity index is 2.09. The quantitative estimate of drug-likeness (QED) is 0.706. The molecule has 0 radical (unpaired) electrons. The van der Waals surface area contributed by atoms with Crippen LogP contribution in [-0.2, 0) is 4.74 Å². The van der Waals surface area contributed by atoms with Crippen molar-refractivity contribution in [2.45, 2.75) is 58.5 Å². The van der Waals surface area contributed by atoms with Crippen LogP contribution in [0.1, 0.15) is 46.5 Å². The lowest BCUT2D eigenvalue weighted by atomic mass is 10.0. The molecule has 0 spiro atoms. The van der Waals surface area contributed by atoms with Gasteiger partial charge in [-0.1, -0.05) is 13.3 Å². The summed E-state index contributed by atoms with van der Waals surface area (Å²) in [6, 6.07) is 1.19. The van der Waals surface area contributed by atoms with E-state index in [1.54, 1.807) is 0 Å². The highest BCUT2D eigenvalue weighted by Crippen LogP contribution is 2.11. The third-order valence-electron chi connectivity index (χ3n) is 3.51. The minimum atomic E-state index is 0.488. The Kier molecular flexibility index (Phi) is 7.82. The van der Waals surface area contributed by atoms with Gasteiger partial charge in [0.05, 0.1) is 6.61 Å². The van der Waals surface area contributed by atoms with Gasteiger partial charge in [-0.25, -0.2) is 0 Å². The molecule has 0 aromatic rings. The number of nitrogens with zero attached hydrogens (tertiary/aromatic N) is 1. The Bertz CT molecular complexity index is 179. The number of unbranched alkanes of at least 4 members (excludes halogenated alkanes) is 1. The zero-order valence-electron chi connectivity index (χ0n) is 11.9. The standard InChI is InChI=1S/C14H30N2O/c1-4-6-9-16-10-7-14(8-11-16)15-13(3)12-17-5-2/h13-15H,4-12H2,1-3H3. The van der Waals surface area contributed by atoms with E-state index in [2.05, 4.69) is 31.0 Å². The topological polar surface area (TPSA) is 24.5 Å². The van der Waals surface area contributed by atoms with E-state index in [-0.39, 0.29) is 0 Å². The summed E-state index contributed by atoms with van der Waals surface area (Å²) in [5.41, 5.74) is 0. The van der Waals surface area contributed by atoms with Gasteiger partial charge < -0.3 is 15.0 Å². The number of nitrogens with one attached hydrogen (secondary N) is 1. The van der Waals surface area contributed by atoms with E-state index in [1.165, 1.54) is 45.3 Å². The molecule has 0 aliphatic carbocycles. The number of hydrogen-bond acceptors (Lipinski definition) is 3. The Morgan fingerprint density at radius 3 is 2.59 bits per heavy atom. The van der Waals surface area contributed by atoms with Gasteiger partial charge in [0, 0.05) is 18.7 Å². The molecule has 0 bridgehead atoms. The molecule has 1 atom stereocenters. The van der Waals surface area contributed by atoms with Crippen LogP contribution in [-0.4, -0.2) is 49.8 Å². The van der Waals surface area contributed by atoms with Crippen LogP contribution in [0.25, 0.3) is 0 Å². The van der Waals surface area contributed by atoms with E-state index in [4.69, 9.17) is 4.74 Å². The monoisotopic (exact) mass is 242 g/mol. The number of likely N-dealkylation sites (tertiary alicyclic amines) is 1. The van der Waals surface area contributed by atoms with Gasteiger partial charge in [-0.2, -0.15) is 0 Å². The van der Waals surface area contributed by atoms with Crippen LogP contribution in [0.5, 0.6) is 0 Å². The Hall–Kier alpha value is -0.120. The fourth-order valence-corrected chi connectivity index (χ4v) is 2.45. The Morgan fingerprint density at radius 2 is 2.00 bits per heavy atom. The van der Waals surface area contributed by atoms with E-state index in [9.17, 15) is 0 Å². The zero-order chi connectivity index (χ0) is 12.5. The summed E-state index contributed by atoms with van der Waals surface area (Å²) in [7, 11) is 0. The SMILES string of the molecule is CCCCN1CCC(NC(C)COCC)CC1. The van der Waals surface area contributed by atoms with Crippen molar-refractivity contribution >= 4 is 0 Å². The maximum atomic E-state index is 5.44. The molecule has 3 heteroatoms. The van der Waals surface area contributed by atoms with E-state index >= 15 is 0 Å². The molecule has 1 heterocycles. The average Bonchev–Trinajstić information content (AvgIpc) is 2.35. The molecule has 1 aliphatic heterocycles. The van der Waals surface area contributed by atoms with Crippen LogP contribution in [0.2, 0.25) is 0 Å². The fraction of sp³-hybridized carbons (Fsp3) is 1.00. The van der Waals surface area contributed by atoms with Gasteiger partial charge in [0.1, 0.15) is 0 Å². The molecule has 17 heavy (non-hydrogen) atoms. The molecule has 1 aliphatic rings. The van der Waals surface area contributed by atoms with Crippen molar-refractivity contribution in [3.8, 4) is 0 Å². The van der Waals surface area contributed by atoms with Crippen LogP contribution in [0.15, 0.2) is 0 Å². The van der Waals surface area contributed by atoms with Gasteiger partial charge >= 0.3 is 0 Å². The summed E-state index contributed by atoms with van der Waals surface area (Å²) in [6.45, 7) is 12.0. The minimum absolute atomic E-state index is 0.488. The number of rotatable bonds is 8. The molecule has 1 saturated heterocycles. The smallest absolute Gasteiger partial charge is 0.0616 e. The summed E-state index contributed by atoms with van der Waals surface area (Å²) in [6.07, 6.45) is 5.24. The van der Waals surface area contributed by atoms with Gasteiger partial charge in [0.15, 0.2) is 0 Å². The molecule has 3 nitrogen and oxygen atoms in total. The Labute approximate surface area is 107 Å². The maximum absolute atomic E-state index is 5.44. The number of hydrogen-bond donors (Lipinski definition) is 1. The fourth-order valence-electron chi connectivity index (χ4n) is 2.45. The second-order valence-electron chi connectivity index (χ2n) is 5.20. The van der Waals surface area contributed by atoms with Crippen molar-refractivity contribution in [1.82, 2.24) is 10.2 Å². The maximum Gasteiger partial charge on any atom is 0.0616 e. The first-order chi connectivity index (χ1) is 8.26. The van der Waals surface area contributed by atoms with Crippen molar-refractivity contribution in [2.75, 3.05) is 32.8 Å². The van der Waals surface area contributed by atoms with Crippen molar-refractivity contribution < 1.29 is 4.74 Å². The first-order valence-corrected chi connectivity index (χ1v) is 7.32. The highest BCUT2D eigenvalue weighted by atomic mass is 16.5. The summed E-state index contributed by atoms with van der Waals surface area (Å²) < 4.78 is 5.44. The van der Waals surface area contributed by atoms with Crippen molar-refractivity contribution in [1.29, 1.82) is 0 Å². The van der Waals surface area contributed by atoms with E-state index < -0.39 is 0 Å². The first-order valence-electron chi connectivity index (χ1n) is 7.32. The lowest BCUT2D eigenvalue weighted by molar-refractivity contribution is 0.115. The second kappa shape index (κ2) is 8.90. The first kappa shape index (κ1) is 14.9. The summed E-state index contributed by atoms with van der Waals surface area (Å²) in [4.78, 5) is 2.61. The number of piperidine rings is 1. The summed E-state index contributed by atoms with van der Waals surface area (Å²) in [5.74, 6) is 0. The van der Waals surface area contributed by atoms with Gasteiger partial charge in [-0.05, 0) is 52.7 Å². The van der Waals surface area contributed by atoms with Gasteiger partial charge in [0.25, 0.3) is 0 Å². The predicted octanol–water partition coefficient (Wildman–Crippen LogP) is 2.27. The van der Waals surface area contributed by atoms with Crippen LogP contribution < -0.4 is 5.32 Å². The Morgan fingerprint density at radius 1 is 1.29 bits per heavy atom. The third-order valence-corrected chi connectivity index (χ3v) is 3.51. The van der Waals surface area contributed by atoms with Crippen LogP contribution in [0.4, 0.5) is 0 Å². The normalized spacial score (nSPS) is 20.6. The summed E-state index contributed by atoms with van der Waals surface area (Å²) >= 11 is 0.